The van der Waals surface area contributed by atoms with E-state index in [0.29, 0.717) is 11.5 Å². The topological polar surface area (TPSA) is 95.2 Å². The van der Waals surface area contributed by atoms with Crippen LogP contribution >= 0.6 is 11.3 Å². The molecule has 0 radical (unpaired) electrons. The number of hydrogen-bond donors (Lipinski definition) is 3. The molecular formula is C27H25N7S. The number of thiophene rings is 1. The third-order valence-corrected chi connectivity index (χ3v) is 6.55. The van der Waals surface area contributed by atoms with E-state index in [4.69, 9.17) is 9.97 Å². The Bertz CT molecular complexity index is 1600. The number of nitrogens with one attached hydrogen (secondary N) is 3. The Morgan fingerprint density at radius 2 is 1.97 bits per heavy atom. The maximum Gasteiger partial charge on any atom is 0.161 e. The molecule has 8 heteroatoms. The number of H-pyrrole nitrogens is 2. The number of rotatable bonds is 8. The van der Waals surface area contributed by atoms with E-state index < -0.39 is 0 Å². The molecule has 5 aromatic heterocycles. The summed E-state index contributed by atoms with van der Waals surface area (Å²) >= 11 is 1.64. The Balaban J connectivity index is 1.57. The third kappa shape index (κ3) is 4.31. The van der Waals surface area contributed by atoms with Gasteiger partial charge in [0.25, 0.3) is 0 Å². The second-order valence-corrected chi connectivity index (χ2v) is 8.86. The lowest BCUT2D eigenvalue weighted by Crippen LogP contribution is -2.09. The Morgan fingerprint density at radius 3 is 2.71 bits per heavy atom. The monoisotopic (exact) mass is 479 g/mol. The molecule has 0 aliphatic carbocycles. The number of imidazole rings is 1. The van der Waals surface area contributed by atoms with E-state index in [1.54, 1.807) is 23.6 Å². The molecule has 5 aromatic rings. The number of nitrogens with zero attached hydrogens (tertiary/aromatic N) is 4. The molecule has 0 saturated carbocycles. The molecule has 7 nitrogen and oxygen atoms in total. The molecule has 0 saturated heterocycles. The molecule has 0 atom stereocenters. The SMILES string of the molecule is C=C/C(=C\C(=C/C)c1ccc2[nH]nc(-c3nc4c(-c5cccs5)nccc4[nH]3)c2n1)NC(=C)CC. The lowest BCUT2D eigenvalue weighted by molar-refractivity contribution is 0.920. The number of pyridine rings is 2. The van der Waals surface area contributed by atoms with Crippen LogP contribution in [-0.4, -0.2) is 30.1 Å². The standard InChI is InChI=1S/C27H25N7S/c1-5-16(4)29-18(7-3)15-17(6-2)19-10-11-21-24(30-19)26(34-33-21)27-31-20-12-13-28-25(23(20)32-27)22-9-8-14-35-22/h6-15,29H,3-5H2,1-2H3,(H,31,32)(H,33,34)/b17-6+,18-15+. The van der Waals surface area contributed by atoms with Crippen molar-refractivity contribution in [3.8, 4) is 22.1 Å². The van der Waals surface area contributed by atoms with Gasteiger partial charge >= 0.3 is 0 Å². The van der Waals surface area contributed by atoms with Gasteiger partial charge in [-0.15, -0.1) is 11.3 Å². The first-order valence-electron chi connectivity index (χ1n) is 11.3. The fourth-order valence-electron chi connectivity index (χ4n) is 3.78. The first kappa shape index (κ1) is 22.5. The van der Waals surface area contributed by atoms with Crippen molar-refractivity contribution >= 4 is 39.0 Å². The molecule has 0 spiro atoms. The van der Waals surface area contributed by atoms with Crippen molar-refractivity contribution in [2.24, 2.45) is 0 Å². The minimum absolute atomic E-state index is 0.645. The molecule has 5 rings (SSSR count). The van der Waals surface area contributed by atoms with Gasteiger partial charge in [0.1, 0.15) is 16.7 Å². The second-order valence-electron chi connectivity index (χ2n) is 7.91. The summed E-state index contributed by atoms with van der Waals surface area (Å²) in [7, 11) is 0. The number of hydrogen-bond acceptors (Lipinski definition) is 6. The van der Waals surface area contributed by atoms with Crippen LogP contribution in [0.3, 0.4) is 0 Å². The number of aromatic amines is 2. The first-order valence-corrected chi connectivity index (χ1v) is 12.2. The summed E-state index contributed by atoms with van der Waals surface area (Å²) in [5.74, 6) is 0.645. The average Bonchev–Trinajstić information content (AvgIpc) is 3.64. The van der Waals surface area contributed by atoms with Crippen LogP contribution in [-0.2, 0) is 0 Å². The lowest BCUT2D eigenvalue weighted by atomic mass is 10.1. The highest BCUT2D eigenvalue weighted by atomic mass is 32.1. The van der Waals surface area contributed by atoms with Crippen LogP contribution in [0.1, 0.15) is 26.0 Å². The molecular weight excluding hydrogens is 454 g/mol. The van der Waals surface area contributed by atoms with Crippen molar-refractivity contribution < 1.29 is 0 Å². The van der Waals surface area contributed by atoms with E-state index >= 15 is 0 Å². The van der Waals surface area contributed by atoms with Crippen molar-refractivity contribution in [1.29, 1.82) is 0 Å². The van der Waals surface area contributed by atoms with Gasteiger partial charge in [0.05, 0.1) is 21.6 Å². The summed E-state index contributed by atoms with van der Waals surface area (Å²) in [6, 6.07) is 9.95. The number of aromatic nitrogens is 6. The molecule has 35 heavy (non-hydrogen) atoms. The number of fused-ring (bicyclic) bond motifs is 2. The fourth-order valence-corrected chi connectivity index (χ4v) is 4.50. The van der Waals surface area contributed by atoms with Crippen molar-refractivity contribution in [1.82, 2.24) is 35.5 Å². The smallest absolute Gasteiger partial charge is 0.161 e. The minimum atomic E-state index is 0.645. The van der Waals surface area contributed by atoms with E-state index in [0.717, 1.165) is 61.7 Å². The zero-order valence-corrected chi connectivity index (χ0v) is 20.4. The van der Waals surface area contributed by atoms with Crippen molar-refractivity contribution in [3.63, 3.8) is 0 Å². The van der Waals surface area contributed by atoms with Crippen molar-refractivity contribution in [3.05, 3.63) is 90.4 Å². The van der Waals surface area contributed by atoms with E-state index in [9.17, 15) is 0 Å². The Morgan fingerprint density at radius 1 is 1.11 bits per heavy atom. The van der Waals surface area contributed by atoms with Gasteiger partial charge in [0, 0.05) is 17.6 Å². The van der Waals surface area contributed by atoms with E-state index in [1.807, 2.05) is 54.8 Å². The average molecular weight is 480 g/mol. The molecule has 0 aliphatic rings. The Hall–Kier alpha value is -4.30. The third-order valence-electron chi connectivity index (χ3n) is 5.67. The highest BCUT2D eigenvalue weighted by Gasteiger charge is 2.17. The van der Waals surface area contributed by atoms with Crippen molar-refractivity contribution in [2.75, 3.05) is 0 Å². The molecule has 0 aromatic carbocycles. The summed E-state index contributed by atoms with van der Waals surface area (Å²) in [5, 5.41) is 12.9. The summed E-state index contributed by atoms with van der Waals surface area (Å²) in [5.41, 5.74) is 8.38. The maximum absolute atomic E-state index is 4.95. The van der Waals surface area contributed by atoms with Crippen LogP contribution in [0.5, 0.6) is 0 Å². The van der Waals surface area contributed by atoms with Crippen LogP contribution in [0.4, 0.5) is 0 Å². The summed E-state index contributed by atoms with van der Waals surface area (Å²) in [4.78, 5) is 18.8. The van der Waals surface area contributed by atoms with Gasteiger partial charge in [-0.1, -0.05) is 32.2 Å². The van der Waals surface area contributed by atoms with E-state index in [-0.39, 0.29) is 0 Å². The second kappa shape index (κ2) is 9.52. The normalized spacial score (nSPS) is 12.4. The minimum Gasteiger partial charge on any atom is -0.359 e. The largest absolute Gasteiger partial charge is 0.359 e. The molecule has 0 unspecified atom stereocenters. The molecule has 0 aliphatic heterocycles. The van der Waals surface area contributed by atoms with E-state index in [2.05, 4.69) is 45.6 Å². The van der Waals surface area contributed by atoms with Crippen molar-refractivity contribution in [2.45, 2.75) is 20.3 Å². The lowest BCUT2D eigenvalue weighted by Gasteiger charge is -2.10. The Kier molecular flexibility index (Phi) is 6.12. The molecule has 0 amide bonds. The van der Waals surface area contributed by atoms with Gasteiger partial charge in [0.15, 0.2) is 11.5 Å². The van der Waals surface area contributed by atoms with E-state index in [1.165, 1.54) is 0 Å². The molecule has 3 N–H and O–H groups in total. The quantitative estimate of drug-likeness (QED) is 0.218. The zero-order valence-electron chi connectivity index (χ0n) is 19.6. The van der Waals surface area contributed by atoms with Gasteiger partial charge in [0.2, 0.25) is 0 Å². The van der Waals surface area contributed by atoms with Gasteiger partial charge in [-0.25, -0.2) is 9.97 Å². The van der Waals surface area contributed by atoms with Crippen LogP contribution < -0.4 is 5.32 Å². The van der Waals surface area contributed by atoms with Gasteiger partial charge in [-0.3, -0.25) is 10.1 Å². The molecule has 174 valence electrons. The molecule has 5 heterocycles. The Labute approximate surface area is 207 Å². The predicted molar refractivity (Wildman–Crippen MR) is 145 cm³/mol. The van der Waals surface area contributed by atoms with Crippen LogP contribution in [0.15, 0.2) is 84.7 Å². The van der Waals surface area contributed by atoms with Crippen LogP contribution in [0, 0.1) is 0 Å². The van der Waals surface area contributed by atoms with Crippen LogP contribution in [0.2, 0.25) is 0 Å². The van der Waals surface area contributed by atoms with Crippen LogP contribution in [0.25, 0.3) is 49.7 Å². The molecule has 0 fully saturated rings. The summed E-state index contributed by atoms with van der Waals surface area (Å²) in [6.07, 6.45) is 8.44. The maximum atomic E-state index is 4.95. The first-order chi connectivity index (χ1) is 17.1. The molecule has 0 bridgehead atoms. The van der Waals surface area contributed by atoms with Gasteiger partial charge in [-0.2, -0.15) is 5.10 Å². The van der Waals surface area contributed by atoms with Gasteiger partial charge in [-0.05, 0) is 60.7 Å². The van der Waals surface area contributed by atoms with Gasteiger partial charge < -0.3 is 10.3 Å². The summed E-state index contributed by atoms with van der Waals surface area (Å²) < 4.78 is 0. The highest BCUT2D eigenvalue weighted by Crippen LogP contribution is 2.32. The highest BCUT2D eigenvalue weighted by molar-refractivity contribution is 7.13. The summed E-state index contributed by atoms with van der Waals surface area (Å²) in [6.45, 7) is 12.0. The zero-order chi connectivity index (χ0) is 24.4. The number of allylic oxidation sites excluding steroid dienone is 5. The predicted octanol–water partition coefficient (Wildman–Crippen LogP) is 6.61. The fraction of sp³-hybridized carbons (Fsp3) is 0.111.